The second-order valence-corrected chi connectivity index (χ2v) is 9.76. The molecule has 0 spiro atoms. The first kappa shape index (κ1) is 28.2. The number of nitrogens with zero attached hydrogens (tertiary/aromatic N) is 2. The lowest BCUT2D eigenvalue weighted by molar-refractivity contribution is -0.142. The summed E-state index contributed by atoms with van der Waals surface area (Å²) in [6.45, 7) is 0. The number of esters is 2. The van der Waals surface area contributed by atoms with Crippen LogP contribution in [-0.2, 0) is 28.7 Å². The van der Waals surface area contributed by atoms with Crippen LogP contribution in [-0.4, -0.2) is 57.9 Å². The van der Waals surface area contributed by atoms with Gasteiger partial charge in [-0.25, -0.2) is 0 Å². The number of hydrogen-bond donors (Lipinski definition) is 2. The summed E-state index contributed by atoms with van der Waals surface area (Å²) in [5, 5.41) is 23.9. The number of carbonyl (C=O) groups is 4. The summed E-state index contributed by atoms with van der Waals surface area (Å²) in [6, 6.07) is 17.0. The Hall–Kier alpha value is -5.38. The Morgan fingerprint density at radius 2 is 1.10 bits per heavy atom. The fourth-order valence-corrected chi connectivity index (χ4v) is 5.26. The zero-order chi connectivity index (χ0) is 30.0. The highest BCUT2D eigenvalue weighted by atomic mass is 16.5. The van der Waals surface area contributed by atoms with E-state index >= 15 is 0 Å². The highest BCUT2D eigenvalue weighted by Crippen LogP contribution is 2.41. The molecule has 4 aromatic rings. The van der Waals surface area contributed by atoms with Crippen molar-refractivity contribution in [2.24, 2.45) is 0 Å². The molecular formula is C32H26N2O8. The zero-order valence-corrected chi connectivity index (χ0v) is 22.7. The Balaban J connectivity index is 1.63. The van der Waals surface area contributed by atoms with Gasteiger partial charge in [0.05, 0.1) is 49.2 Å². The van der Waals surface area contributed by atoms with E-state index in [1.54, 1.807) is 73.1 Å². The average Bonchev–Trinajstić information content (AvgIpc) is 3.02. The topological polar surface area (TPSA) is 153 Å². The fraction of sp³-hybridized carbons (Fsp3) is 0.188. The van der Waals surface area contributed by atoms with E-state index in [0.717, 1.165) is 0 Å². The Bertz CT molecular complexity index is 1690. The summed E-state index contributed by atoms with van der Waals surface area (Å²) in [6.07, 6.45) is 2.44. The smallest absolute Gasteiger partial charge is 0.306 e. The molecule has 42 heavy (non-hydrogen) atoms. The van der Waals surface area contributed by atoms with Crippen LogP contribution in [0.2, 0.25) is 0 Å². The molecule has 0 saturated carbocycles. The summed E-state index contributed by atoms with van der Waals surface area (Å²) in [7, 11) is 2.36. The number of ether oxygens (including phenoxy) is 2. The third kappa shape index (κ3) is 5.22. The van der Waals surface area contributed by atoms with Gasteiger partial charge < -0.3 is 19.7 Å². The van der Waals surface area contributed by atoms with Crippen molar-refractivity contribution in [1.82, 2.24) is 9.97 Å². The molecule has 10 heteroatoms. The monoisotopic (exact) mass is 566 g/mol. The molecule has 0 saturated heterocycles. The predicted octanol–water partition coefficient (Wildman–Crippen LogP) is 4.55. The molecule has 0 unspecified atom stereocenters. The van der Waals surface area contributed by atoms with E-state index in [2.05, 4.69) is 9.97 Å². The maximum atomic E-state index is 13.8. The third-order valence-corrected chi connectivity index (χ3v) is 7.38. The second-order valence-electron chi connectivity index (χ2n) is 9.76. The number of aliphatic hydroxyl groups is 2. The first-order chi connectivity index (χ1) is 20.2. The van der Waals surface area contributed by atoms with Gasteiger partial charge in [-0.15, -0.1) is 0 Å². The van der Waals surface area contributed by atoms with Crippen molar-refractivity contribution in [3.63, 3.8) is 0 Å². The standard InChI is InChI=1S/C32H26N2O8/c1-41-25(35)15-21(17-7-9-23-19(13-17)5-3-11-33-23)27-29(37)31(39)28(32(40)30(27)38)22(16-26(36)42-2)18-8-10-24-20(14-18)6-4-12-34-24/h3-14,21-22,37,40H,15-16H2,1-2H3/t21-,22-/m0/s1. The van der Waals surface area contributed by atoms with Crippen LogP contribution >= 0.6 is 0 Å². The van der Waals surface area contributed by atoms with Crippen molar-refractivity contribution < 1.29 is 38.9 Å². The Labute approximate surface area is 239 Å². The minimum Gasteiger partial charge on any atom is -0.504 e. The number of allylic oxidation sites excluding steroid dienone is 2. The SMILES string of the molecule is COC(=O)C[C@H](C1=C(O)C(=O)C([C@@H](CC(=O)OC)c2ccc3ncccc3c2)=C(O)C1=O)c1ccc2ncccc2c1. The maximum Gasteiger partial charge on any atom is 0.306 e. The largest absolute Gasteiger partial charge is 0.504 e. The van der Waals surface area contributed by atoms with E-state index in [0.29, 0.717) is 32.9 Å². The molecule has 0 amide bonds. The molecule has 1 aliphatic carbocycles. The number of ketones is 2. The van der Waals surface area contributed by atoms with E-state index in [1.165, 1.54) is 14.2 Å². The van der Waals surface area contributed by atoms with Crippen LogP contribution in [0.15, 0.2) is 95.7 Å². The van der Waals surface area contributed by atoms with Crippen LogP contribution in [0.5, 0.6) is 0 Å². The lowest BCUT2D eigenvalue weighted by atomic mass is 9.75. The van der Waals surface area contributed by atoms with E-state index in [9.17, 15) is 29.4 Å². The first-order valence-electron chi connectivity index (χ1n) is 13.0. The number of fused-ring (bicyclic) bond motifs is 2. The minimum atomic E-state index is -1.13. The van der Waals surface area contributed by atoms with E-state index < -0.39 is 70.8 Å². The maximum absolute atomic E-state index is 13.8. The molecular weight excluding hydrogens is 540 g/mol. The van der Waals surface area contributed by atoms with Crippen molar-refractivity contribution in [3.05, 3.63) is 107 Å². The van der Waals surface area contributed by atoms with Gasteiger partial charge in [0.2, 0.25) is 11.6 Å². The molecule has 0 radical (unpaired) electrons. The summed E-state index contributed by atoms with van der Waals surface area (Å²) in [4.78, 5) is 61.0. The van der Waals surface area contributed by atoms with Gasteiger partial charge in [0.1, 0.15) is 0 Å². The molecule has 2 aromatic heterocycles. The summed E-state index contributed by atoms with van der Waals surface area (Å²) in [5.74, 6) is -7.60. The molecule has 0 fully saturated rings. The third-order valence-electron chi connectivity index (χ3n) is 7.38. The molecule has 2 atom stereocenters. The van der Waals surface area contributed by atoms with Gasteiger partial charge in [0.15, 0.2) is 11.5 Å². The van der Waals surface area contributed by atoms with Crippen molar-refractivity contribution in [3.8, 4) is 0 Å². The molecule has 2 N–H and O–H groups in total. The molecule has 212 valence electrons. The van der Waals surface area contributed by atoms with Crippen LogP contribution in [0.3, 0.4) is 0 Å². The number of aromatic nitrogens is 2. The summed E-state index contributed by atoms with van der Waals surface area (Å²) in [5.41, 5.74) is 1.26. The first-order valence-corrected chi connectivity index (χ1v) is 13.0. The molecule has 2 aromatic carbocycles. The van der Waals surface area contributed by atoms with Gasteiger partial charge in [-0.1, -0.05) is 24.3 Å². The minimum absolute atomic E-state index is 0.396. The van der Waals surface area contributed by atoms with Crippen LogP contribution in [0.4, 0.5) is 0 Å². The molecule has 0 bridgehead atoms. The summed E-state index contributed by atoms with van der Waals surface area (Å²) < 4.78 is 9.66. The number of Topliss-reactive ketones (excluding diaryl/α,β-unsaturated/α-hetero) is 2. The van der Waals surface area contributed by atoms with Gasteiger partial charge >= 0.3 is 11.9 Å². The van der Waals surface area contributed by atoms with Crippen molar-refractivity contribution in [2.75, 3.05) is 14.2 Å². The summed E-state index contributed by atoms with van der Waals surface area (Å²) >= 11 is 0. The number of hydrogen-bond acceptors (Lipinski definition) is 10. The number of pyridine rings is 2. The van der Waals surface area contributed by atoms with Gasteiger partial charge in [0.25, 0.3) is 0 Å². The van der Waals surface area contributed by atoms with Crippen molar-refractivity contribution >= 4 is 45.3 Å². The van der Waals surface area contributed by atoms with Crippen LogP contribution in [0.25, 0.3) is 21.8 Å². The highest BCUT2D eigenvalue weighted by molar-refractivity contribution is 6.24. The Kier molecular flexibility index (Phi) is 7.79. The average molecular weight is 567 g/mol. The van der Waals surface area contributed by atoms with Gasteiger partial charge in [-0.05, 0) is 47.5 Å². The Morgan fingerprint density at radius 3 is 1.48 bits per heavy atom. The lowest BCUT2D eigenvalue weighted by Gasteiger charge is -2.27. The van der Waals surface area contributed by atoms with Crippen LogP contribution in [0, 0.1) is 0 Å². The molecule has 0 aliphatic heterocycles. The molecule has 5 rings (SSSR count). The van der Waals surface area contributed by atoms with Gasteiger partial charge in [-0.3, -0.25) is 29.1 Å². The number of aliphatic hydroxyl groups excluding tert-OH is 2. The van der Waals surface area contributed by atoms with Crippen LogP contribution < -0.4 is 0 Å². The quantitative estimate of drug-likeness (QED) is 0.229. The van der Waals surface area contributed by atoms with E-state index in [4.69, 9.17) is 9.47 Å². The van der Waals surface area contributed by atoms with Crippen molar-refractivity contribution in [2.45, 2.75) is 24.7 Å². The molecule has 1 aliphatic rings. The second kappa shape index (κ2) is 11.6. The highest BCUT2D eigenvalue weighted by Gasteiger charge is 2.43. The van der Waals surface area contributed by atoms with E-state index in [1.807, 2.05) is 0 Å². The van der Waals surface area contributed by atoms with E-state index in [-0.39, 0.29) is 0 Å². The van der Waals surface area contributed by atoms with Crippen molar-refractivity contribution in [1.29, 1.82) is 0 Å². The van der Waals surface area contributed by atoms with Crippen LogP contribution in [0.1, 0.15) is 35.8 Å². The number of benzene rings is 2. The number of carbonyl (C=O) groups excluding carboxylic acids is 4. The Morgan fingerprint density at radius 1 is 0.690 bits per heavy atom. The lowest BCUT2D eigenvalue weighted by Crippen LogP contribution is -2.31. The number of rotatable bonds is 8. The van der Waals surface area contributed by atoms with Gasteiger partial charge in [-0.2, -0.15) is 0 Å². The fourth-order valence-electron chi connectivity index (χ4n) is 5.26. The normalized spacial score (nSPS) is 15.2. The molecule has 2 heterocycles. The predicted molar refractivity (Wildman–Crippen MR) is 152 cm³/mol. The van der Waals surface area contributed by atoms with Gasteiger partial charge in [0, 0.05) is 35.0 Å². The number of methoxy groups -OCH3 is 2. The zero-order valence-electron chi connectivity index (χ0n) is 22.7. The molecule has 10 nitrogen and oxygen atoms in total.